The van der Waals surface area contributed by atoms with Crippen molar-refractivity contribution >= 4 is 16.9 Å². The molecule has 140 valence electrons. The van der Waals surface area contributed by atoms with Crippen LogP contribution in [0.3, 0.4) is 0 Å². The van der Waals surface area contributed by atoms with Crippen LogP contribution in [0.4, 0.5) is 0 Å². The number of phenolic OH excluding ortho intramolecular Hbond substituents is 1. The van der Waals surface area contributed by atoms with E-state index in [1.54, 1.807) is 12.1 Å². The zero-order valence-electron chi connectivity index (χ0n) is 15.0. The van der Waals surface area contributed by atoms with E-state index in [9.17, 15) is 19.8 Å². The van der Waals surface area contributed by atoms with E-state index in [2.05, 4.69) is 5.32 Å². The fourth-order valence-corrected chi connectivity index (χ4v) is 3.67. The van der Waals surface area contributed by atoms with Gasteiger partial charge >= 0.3 is 11.6 Å². The van der Waals surface area contributed by atoms with Crippen molar-refractivity contribution in [3.63, 3.8) is 0 Å². The largest absolute Gasteiger partial charge is 0.507 e. The molecule has 0 bridgehead atoms. The van der Waals surface area contributed by atoms with Gasteiger partial charge in [0.2, 0.25) is 0 Å². The molecule has 2 aromatic rings. The third kappa shape index (κ3) is 3.60. The van der Waals surface area contributed by atoms with Gasteiger partial charge in [-0.3, -0.25) is 4.79 Å². The fourth-order valence-electron chi connectivity index (χ4n) is 3.67. The number of fused-ring (bicyclic) bond motifs is 3. The second kappa shape index (κ2) is 7.91. The quantitative estimate of drug-likeness (QED) is 0.657. The molecule has 0 unspecified atom stereocenters. The molecule has 0 amide bonds. The molecule has 1 aliphatic rings. The SMILES string of the molecule is CCCC[C@@H](NCc1c(O)ccc2c3c(c(=O)oc12)CCCC3)C(=O)O. The number of phenols is 1. The molecule has 26 heavy (non-hydrogen) atoms. The van der Waals surface area contributed by atoms with Gasteiger partial charge in [0.15, 0.2) is 0 Å². The van der Waals surface area contributed by atoms with Crippen molar-refractivity contribution in [2.45, 2.75) is 64.5 Å². The number of carbonyl (C=O) groups is 1. The highest BCUT2D eigenvalue weighted by atomic mass is 16.4. The van der Waals surface area contributed by atoms with Crippen molar-refractivity contribution in [2.24, 2.45) is 0 Å². The summed E-state index contributed by atoms with van der Waals surface area (Å²) in [4.78, 5) is 23.8. The normalized spacial score (nSPS) is 15.0. The molecule has 1 atom stereocenters. The summed E-state index contributed by atoms with van der Waals surface area (Å²) in [6, 6.07) is 2.68. The van der Waals surface area contributed by atoms with E-state index in [1.807, 2.05) is 6.92 Å². The molecular formula is C20H25NO5. The Hall–Kier alpha value is -2.34. The Bertz CT molecular complexity index is 871. The van der Waals surface area contributed by atoms with Crippen LogP contribution >= 0.6 is 0 Å². The standard InChI is InChI=1S/C20H25NO5/c1-2-3-8-16(19(23)24)21-11-15-17(22)10-9-13-12-6-4-5-7-14(12)20(25)26-18(13)15/h9-10,16,21-22H,2-8,11H2,1H3,(H,23,24)/t16-/m1/s1. The van der Waals surface area contributed by atoms with Gasteiger partial charge < -0.3 is 19.9 Å². The van der Waals surface area contributed by atoms with Crippen LogP contribution in [0.2, 0.25) is 0 Å². The minimum absolute atomic E-state index is 0.00328. The average Bonchev–Trinajstić information content (AvgIpc) is 2.63. The first-order chi connectivity index (χ1) is 12.5. The van der Waals surface area contributed by atoms with E-state index in [0.29, 0.717) is 17.6 Å². The number of rotatable bonds is 7. The third-order valence-electron chi connectivity index (χ3n) is 5.14. The van der Waals surface area contributed by atoms with E-state index in [4.69, 9.17) is 4.42 Å². The predicted octanol–water partition coefficient (Wildman–Crippen LogP) is 3.11. The molecule has 0 saturated carbocycles. The molecule has 0 radical (unpaired) electrons. The smallest absolute Gasteiger partial charge is 0.339 e. The first-order valence-corrected chi connectivity index (χ1v) is 9.28. The minimum atomic E-state index is -0.919. The Morgan fingerprint density at radius 3 is 2.69 bits per heavy atom. The Morgan fingerprint density at radius 1 is 1.27 bits per heavy atom. The number of aromatic hydroxyl groups is 1. The summed E-state index contributed by atoms with van der Waals surface area (Å²) >= 11 is 0. The molecule has 0 fully saturated rings. The molecular weight excluding hydrogens is 334 g/mol. The highest BCUT2D eigenvalue weighted by Gasteiger charge is 2.22. The lowest BCUT2D eigenvalue weighted by Crippen LogP contribution is -2.36. The number of hydrogen-bond acceptors (Lipinski definition) is 5. The van der Waals surface area contributed by atoms with Gasteiger partial charge in [0, 0.05) is 17.5 Å². The van der Waals surface area contributed by atoms with Gasteiger partial charge in [0.05, 0.1) is 5.56 Å². The second-order valence-electron chi connectivity index (χ2n) is 6.91. The summed E-state index contributed by atoms with van der Waals surface area (Å²) in [5.74, 6) is -0.916. The Kier molecular flexibility index (Phi) is 5.61. The van der Waals surface area contributed by atoms with Crippen molar-refractivity contribution < 1.29 is 19.4 Å². The Morgan fingerprint density at radius 2 is 2.00 bits per heavy atom. The maximum atomic E-state index is 12.4. The number of unbranched alkanes of at least 4 members (excludes halogenated alkanes) is 1. The maximum Gasteiger partial charge on any atom is 0.339 e. The van der Waals surface area contributed by atoms with Crippen LogP contribution in [0, 0.1) is 0 Å². The number of benzene rings is 1. The van der Waals surface area contributed by atoms with Crippen LogP contribution in [-0.2, 0) is 24.2 Å². The maximum absolute atomic E-state index is 12.4. The van der Waals surface area contributed by atoms with E-state index < -0.39 is 12.0 Å². The number of nitrogens with one attached hydrogen (secondary N) is 1. The van der Waals surface area contributed by atoms with E-state index in [0.717, 1.165) is 55.0 Å². The highest BCUT2D eigenvalue weighted by Crippen LogP contribution is 2.32. The number of aryl methyl sites for hydroxylation is 1. The third-order valence-corrected chi connectivity index (χ3v) is 5.14. The van der Waals surface area contributed by atoms with Gasteiger partial charge in [-0.05, 0) is 49.8 Å². The van der Waals surface area contributed by atoms with Crippen LogP contribution in [0.5, 0.6) is 5.75 Å². The molecule has 1 aliphatic carbocycles. The van der Waals surface area contributed by atoms with E-state index >= 15 is 0 Å². The van der Waals surface area contributed by atoms with Gasteiger partial charge in [-0.2, -0.15) is 0 Å². The first-order valence-electron chi connectivity index (χ1n) is 9.28. The number of hydrogen-bond donors (Lipinski definition) is 3. The van der Waals surface area contributed by atoms with Gasteiger partial charge in [-0.15, -0.1) is 0 Å². The van der Waals surface area contributed by atoms with E-state index in [-0.39, 0.29) is 17.9 Å². The van der Waals surface area contributed by atoms with Crippen molar-refractivity contribution in [1.82, 2.24) is 5.32 Å². The lowest BCUT2D eigenvalue weighted by atomic mass is 9.90. The van der Waals surface area contributed by atoms with Gasteiger partial charge in [0.25, 0.3) is 0 Å². The zero-order valence-corrected chi connectivity index (χ0v) is 15.0. The molecule has 0 aliphatic heterocycles. The van der Waals surface area contributed by atoms with Crippen molar-refractivity contribution in [2.75, 3.05) is 0 Å². The van der Waals surface area contributed by atoms with Crippen LogP contribution in [0.15, 0.2) is 21.3 Å². The molecule has 6 nitrogen and oxygen atoms in total. The minimum Gasteiger partial charge on any atom is -0.507 e. The number of aliphatic carboxylic acids is 1. The summed E-state index contributed by atoms with van der Waals surface area (Å²) in [6.07, 6.45) is 5.77. The van der Waals surface area contributed by atoms with Crippen molar-refractivity contribution in [3.05, 3.63) is 39.2 Å². The topological polar surface area (TPSA) is 99.8 Å². The number of carboxylic acids is 1. The molecule has 6 heteroatoms. The van der Waals surface area contributed by atoms with Crippen molar-refractivity contribution in [3.8, 4) is 5.75 Å². The summed E-state index contributed by atoms with van der Waals surface area (Å²) in [6.45, 7) is 2.14. The average molecular weight is 359 g/mol. The van der Waals surface area contributed by atoms with E-state index in [1.165, 1.54) is 0 Å². The molecule has 1 aromatic carbocycles. The van der Waals surface area contributed by atoms with Crippen LogP contribution in [0.1, 0.15) is 55.7 Å². The summed E-state index contributed by atoms with van der Waals surface area (Å²) in [7, 11) is 0. The van der Waals surface area contributed by atoms with Crippen LogP contribution in [0.25, 0.3) is 11.0 Å². The Balaban J connectivity index is 1.97. The lowest BCUT2D eigenvalue weighted by Gasteiger charge is -2.19. The summed E-state index contributed by atoms with van der Waals surface area (Å²) in [5.41, 5.74) is 2.20. The lowest BCUT2D eigenvalue weighted by molar-refractivity contribution is -0.139. The van der Waals surface area contributed by atoms with Gasteiger partial charge in [-0.25, -0.2) is 4.79 Å². The number of carboxylic acid groups (broad SMARTS) is 1. The molecule has 1 heterocycles. The molecule has 3 rings (SSSR count). The highest BCUT2D eigenvalue weighted by molar-refractivity contribution is 5.86. The first kappa shape index (κ1) is 18.5. The molecule has 3 N–H and O–H groups in total. The molecule has 0 spiro atoms. The monoisotopic (exact) mass is 359 g/mol. The zero-order chi connectivity index (χ0) is 18.7. The second-order valence-corrected chi connectivity index (χ2v) is 6.91. The predicted molar refractivity (Wildman–Crippen MR) is 98.6 cm³/mol. The Labute approximate surface area is 151 Å². The van der Waals surface area contributed by atoms with Gasteiger partial charge in [0.1, 0.15) is 17.4 Å². The molecule has 1 aromatic heterocycles. The van der Waals surface area contributed by atoms with Crippen LogP contribution in [-0.4, -0.2) is 22.2 Å². The summed E-state index contributed by atoms with van der Waals surface area (Å²) < 4.78 is 5.54. The fraction of sp³-hybridized carbons (Fsp3) is 0.500. The van der Waals surface area contributed by atoms with Crippen molar-refractivity contribution in [1.29, 1.82) is 0 Å². The summed E-state index contributed by atoms with van der Waals surface area (Å²) in [5, 5.41) is 23.5. The van der Waals surface area contributed by atoms with Crippen LogP contribution < -0.4 is 10.9 Å². The van der Waals surface area contributed by atoms with Gasteiger partial charge in [-0.1, -0.05) is 19.8 Å². The molecule has 0 saturated heterocycles.